The first kappa shape index (κ1) is 30.9. The van der Waals surface area contributed by atoms with Crippen LogP contribution in [-0.2, 0) is 38.4 Å². The van der Waals surface area contributed by atoms with Gasteiger partial charge in [0.25, 0.3) is 0 Å². The molecule has 0 aliphatic rings. The molecule has 0 radical (unpaired) electrons. The van der Waals surface area contributed by atoms with Gasteiger partial charge in [0.05, 0.1) is 19.3 Å². The Balaban J connectivity index is 0.000000339. The van der Waals surface area contributed by atoms with Gasteiger partial charge in [-0.2, -0.15) is 0 Å². The van der Waals surface area contributed by atoms with Crippen LogP contribution in [0.1, 0.15) is 63.9 Å². The molecule has 1 aromatic heterocycles. The van der Waals surface area contributed by atoms with E-state index in [-0.39, 0.29) is 28.1 Å². The zero-order valence-corrected chi connectivity index (χ0v) is 23.4. The molecule has 36 heavy (non-hydrogen) atoms. The van der Waals surface area contributed by atoms with E-state index in [9.17, 15) is 15.3 Å². The van der Waals surface area contributed by atoms with E-state index in [0.29, 0.717) is 17.9 Å². The van der Waals surface area contributed by atoms with Gasteiger partial charge in [-0.1, -0.05) is 59.7 Å². The molecule has 0 bridgehead atoms. The Bertz CT molecular complexity index is 1140. The molecule has 0 aliphatic carbocycles. The Morgan fingerprint density at radius 2 is 1.58 bits per heavy atom. The third-order valence-electron chi connectivity index (χ3n) is 5.22. The number of nitrogens with zero attached hydrogens (tertiary/aromatic N) is 2. The molecule has 3 rings (SSSR count). The molecule has 0 unspecified atom stereocenters. The number of para-hydroxylation sites is 1. The van der Waals surface area contributed by atoms with Crippen LogP contribution in [0.25, 0.3) is 0 Å². The zero-order valence-electron chi connectivity index (χ0n) is 22.0. The van der Waals surface area contributed by atoms with Crippen LogP contribution < -0.4 is 4.74 Å². The second-order valence-corrected chi connectivity index (χ2v) is 10.1. The summed E-state index contributed by atoms with van der Waals surface area (Å²) in [6.07, 6.45) is 3.35. The Kier molecular flexibility index (Phi) is 11.8. The van der Waals surface area contributed by atoms with E-state index in [1.165, 1.54) is 7.11 Å². The number of hydrogen-bond acceptors (Lipinski definition) is 7. The van der Waals surface area contributed by atoms with Gasteiger partial charge in [0.2, 0.25) is 0 Å². The number of pyridine rings is 1. The van der Waals surface area contributed by atoms with Gasteiger partial charge in [-0.05, 0) is 46.7 Å². The molecule has 0 atom stereocenters. The van der Waals surface area contributed by atoms with Crippen molar-refractivity contribution in [2.45, 2.75) is 58.9 Å². The minimum atomic E-state index is -0.178. The second-order valence-electron chi connectivity index (χ2n) is 10.1. The molecule has 7 nitrogen and oxygen atoms in total. The quantitative estimate of drug-likeness (QED) is 0.282. The third kappa shape index (κ3) is 9.13. The number of ether oxygens (including phenoxy) is 1. The van der Waals surface area contributed by atoms with Gasteiger partial charge >= 0.3 is 21.0 Å². The first-order valence-electron chi connectivity index (χ1n) is 11.4. The maximum atomic E-state index is 9.87. The van der Waals surface area contributed by atoms with Gasteiger partial charge in [0.15, 0.2) is 23.0 Å². The fourth-order valence-electron chi connectivity index (χ4n) is 3.16. The first-order valence-corrected chi connectivity index (χ1v) is 11.9. The van der Waals surface area contributed by atoms with E-state index in [1.54, 1.807) is 36.7 Å². The maximum absolute atomic E-state index is 9.87. The molecular formula is C28H36N2O5V. The average molecular weight is 532 g/mol. The van der Waals surface area contributed by atoms with Crippen molar-refractivity contribution in [3.8, 4) is 23.0 Å². The van der Waals surface area contributed by atoms with Crippen LogP contribution in [-0.4, -0.2) is 33.6 Å². The van der Waals surface area contributed by atoms with Gasteiger partial charge < -0.3 is 20.1 Å². The Labute approximate surface area is 223 Å². The molecule has 0 spiro atoms. The van der Waals surface area contributed by atoms with Crippen molar-refractivity contribution in [2.24, 2.45) is 4.99 Å². The standard InChI is InChI=1S/C14H14N2O2.C14H22O2.O.V/c1-18-13-7-4-5-11(14(13)17)9-15-10-12-6-2-3-8-16-12;1-13(2,3)9-7-10(14(4,5)6)12(16)11(15)8-9;;/h2-9,17H,10H2,1H3;7-8,15-16H,1-6H3;;. The second kappa shape index (κ2) is 13.8. The number of aromatic hydroxyl groups is 3. The number of hydrogen-bond donors (Lipinski definition) is 3. The summed E-state index contributed by atoms with van der Waals surface area (Å²) in [7, 11) is 1.52. The van der Waals surface area contributed by atoms with Gasteiger partial charge in [-0.25, -0.2) is 0 Å². The van der Waals surface area contributed by atoms with E-state index in [1.807, 2.05) is 45.0 Å². The summed E-state index contributed by atoms with van der Waals surface area (Å²) < 4.78 is 13.2. The number of phenolic OH excluding ortho intramolecular Hbond substituents is 3. The molecule has 2 aromatic carbocycles. The van der Waals surface area contributed by atoms with Crippen molar-refractivity contribution in [3.63, 3.8) is 0 Å². The number of aromatic nitrogens is 1. The molecule has 0 amide bonds. The van der Waals surface area contributed by atoms with Gasteiger partial charge in [-0.15, -0.1) is 0 Å². The van der Waals surface area contributed by atoms with E-state index in [2.05, 4.69) is 30.7 Å². The summed E-state index contributed by atoms with van der Waals surface area (Å²) in [6.45, 7) is 12.8. The van der Waals surface area contributed by atoms with Crippen molar-refractivity contribution in [1.29, 1.82) is 0 Å². The topological polar surface area (TPSA) is 112 Å². The van der Waals surface area contributed by atoms with E-state index in [4.69, 9.17) is 8.41 Å². The molecule has 3 N–H and O–H groups in total. The van der Waals surface area contributed by atoms with Gasteiger partial charge in [-0.3, -0.25) is 9.98 Å². The number of rotatable bonds is 4. The van der Waals surface area contributed by atoms with Gasteiger partial charge in [0.1, 0.15) is 0 Å². The van der Waals surface area contributed by atoms with Crippen molar-refractivity contribution in [1.82, 2.24) is 4.98 Å². The molecule has 0 saturated heterocycles. The molecule has 193 valence electrons. The average Bonchev–Trinajstić information content (AvgIpc) is 2.83. The van der Waals surface area contributed by atoms with Crippen molar-refractivity contribution in [2.75, 3.05) is 7.11 Å². The molecule has 3 aromatic rings. The van der Waals surface area contributed by atoms with Crippen LogP contribution in [0.3, 0.4) is 0 Å². The molecular weight excluding hydrogens is 495 g/mol. The predicted octanol–water partition coefficient (Wildman–Crippen LogP) is 5.99. The summed E-state index contributed by atoms with van der Waals surface area (Å²) in [5.74, 6) is 0.513. The van der Waals surface area contributed by atoms with E-state index in [0.717, 1.165) is 34.2 Å². The SMILES string of the molecule is CC(C)(C)c1cc(O)c(O)c(C(C)(C)C)c1.COc1cccc(C=NCc2ccccn2)c1O.[O]=[V]. The summed E-state index contributed by atoms with van der Waals surface area (Å²) in [5, 5.41) is 29.5. The van der Waals surface area contributed by atoms with Crippen molar-refractivity contribution in [3.05, 3.63) is 77.1 Å². The minimum absolute atomic E-state index is 0.000463. The molecule has 0 fully saturated rings. The number of methoxy groups -OCH3 is 1. The fourth-order valence-corrected chi connectivity index (χ4v) is 3.16. The normalized spacial score (nSPS) is 11.2. The molecule has 1 heterocycles. The van der Waals surface area contributed by atoms with Crippen LogP contribution in [0.2, 0.25) is 0 Å². The van der Waals surface area contributed by atoms with Crippen LogP contribution in [0, 0.1) is 0 Å². The Hall–Kier alpha value is -3.16. The molecule has 0 saturated carbocycles. The summed E-state index contributed by atoms with van der Waals surface area (Å²) >= 11 is 1.06. The summed E-state index contributed by atoms with van der Waals surface area (Å²) in [5.41, 5.74) is 3.13. The Morgan fingerprint density at radius 1 is 0.917 bits per heavy atom. The molecule has 8 heteroatoms. The van der Waals surface area contributed by atoms with E-state index < -0.39 is 0 Å². The summed E-state index contributed by atoms with van der Waals surface area (Å²) in [6, 6.07) is 14.6. The number of aliphatic imine (C=N–C) groups is 1. The first-order chi connectivity index (χ1) is 16.8. The third-order valence-corrected chi connectivity index (χ3v) is 5.22. The van der Waals surface area contributed by atoms with Crippen molar-refractivity contribution < 1.29 is 41.1 Å². The fraction of sp³-hybridized carbons (Fsp3) is 0.357. The van der Waals surface area contributed by atoms with Crippen molar-refractivity contribution >= 4 is 6.21 Å². The monoisotopic (exact) mass is 531 g/mol. The Morgan fingerprint density at radius 3 is 2.11 bits per heavy atom. The van der Waals surface area contributed by atoms with Crippen LogP contribution in [0.15, 0.2) is 59.7 Å². The summed E-state index contributed by atoms with van der Waals surface area (Å²) in [4.78, 5) is 8.41. The number of phenols is 3. The van der Waals surface area contributed by atoms with E-state index >= 15 is 0 Å². The molecule has 0 aliphatic heterocycles. The van der Waals surface area contributed by atoms with Crippen LogP contribution in [0.4, 0.5) is 0 Å². The van der Waals surface area contributed by atoms with Crippen LogP contribution in [0.5, 0.6) is 23.0 Å². The van der Waals surface area contributed by atoms with Gasteiger partial charge in [0, 0.05) is 23.5 Å². The zero-order chi connectivity index (χ0) is 27.5. The van der Waals surface area contributed by atoms with Crippen LogP contribution >= 0.6 is 0 Å². The number of benzene rings is 2. The predicted molar refractivity (Wildman–Crippen MR) is 138 cm³/mol.